The lowest BCUT2D eigenvalue weighted by Gasteiger charge is -1.98. The van der Waals surface area contributed by atoms with E-state index in [-0.39, 0.29) is 0 Å². The van der Waals surface area contributed by atoms with Crippen LogP contribution in [0.5, 0.6) is 0 Å². The lowest BCUT2D eigenvalue weighted by Crippen LogP contribution is -2.09. The van der Waals surface area contributed by atoms with Crippen molar-refractivity contribution < 1.29 is 0 Å². The minimum atomic E-state index is 0.659. The zero-order valence-electron chi connectivity index (χ0n) is 5.83. The average molecular weight is 138 g/mol. The maximum Gasteiger partial charge on any atom is 0.143 e. The van der Waals surface area contributed by atoms with Crippen LogP contribution < -0.4 is 11.3 Å². The first-order chi connectivity index (χ1) is 4.86. The maximum absolute atomic E-state index is 5.13. The van der Waals surface area contributed by atoms with Crippen molar-refractivity contribution in [2.45, 2.75) is 13.3 Å². The van der Waals surface area contributed by atoms with Gasteiger partial charge in [-0.15, -0.1) is 0 Å². The van der Waals surface area contributed by atoms with Crippen molar-refractivity contribution in [3.63, 3.8) is 0 Å². The van der Waals surface area contributed by atoms with Gasteiger partial charge in [-0.1, -0.05) is 6.92 Å². The molecule has 0 aromatic carbocycles. The van der Waals surface area contributed by atoms with Crippen molar-refractivity contribution >= 4 is 5.82 Å². The standard InChI is InChI=1S/C6H10N4/c1-2-5-8-4-3-6(9-5)10-7/h3-4H,2,7H2,1H3,(H,8,9,10). The molecular formula is C6H10N4. The fourth-order valence-corrected chi connectivity index (χ4v) is 0.650. The maximum atomic E-state index is 5.13. The Balaban J connectivity index is 2.87. The predicted octanol–water partition coefficient (Wildman–Crippen LogP) is 0.325. The van der Waals surface area contributed by atoms with E-state index in [9.17, 15) is 0 Å². The number of anilines is 1. The number of aryl methyl sites for hydroxylation is 1. The molecule has 0 fully saturated rings. The Kier molecular flexibility index (Phi) is 2.17. The summed E-state index contributed by atoms with van der Waals surface area (Å²) in [6.45, 7) is 2.00. The molecule has 1 heterocycles. The van der Waals surface area contributed by atoms with Crippen LogP contribution in [0, 0.1) is 0 Å². The van der Waals surface area contributed by atoms with Gasteiger partial charge in [0, 0.05) is 18.7 Å². The van der Waals surface area contributed by atoms with E-state index in [1.165, 1.54) is 0 Å². The fraction of sp³-hybridized carbons (Fsp3) is 0.333. The van der Waals surface area contributed by atoms with Crippen molar-refractivity contribution in [1.29, 1.82) is 0 Å². The molecule has 1 aromatic rings. The number of nitrogen functional groups attached to an aromatic ring is 1. The number of hydrogen-bond donors (Lipinski definition) is 2. The highest BCUT2D eigenvalue weighted by Crippen LogP contribution is 1.98. The molecule has 0 amide bonds. The van der Waals surface area contributed by atoms with E-state index in [0.717, 1.165) is 12.2 Å². The Bertz CT molecular complexity index is 191. The molecule has 0 bridgehead atoms. The van der Waals surface area contributed by atoms with Gasteiger partial charge in [0.2, 0.25) is 0 Å². The van der Waals surface area contributed by atoms with Crippen molar-refractivity contribution in [1.82, 2.24) is 9.97 Å². The number of aromatic nitrogens is 2. The Morgan fingerprint density at radius 2 is 2.50 bits per heavy atom. The van der Waals surface area contributed by atoms with Gasteiger partial charge in [-0.25, -0.2) is 15.8 Å². The smallest absolute Gasteiger partial charge is 0.143 e. The first-order valence-electron chi connectivity index (χ1n) is 3.15. The fourth-order valence-electron chi connectivity index (χ4n) is 0.650. The first kappa shape index (κ1) is 6.95. The number of nitrogens with zero attached hydrogens (tertiary/aromatic N) is 2. The second-order valence-corrected chi connectivity index (χ2v) is 1.86. The minimum absolute atomic E-state index is 0.659. The van der Waals surface area contributed by atoms with Crippen LogP contribution in [0.25, 0.3) is 0 Å². The van der Waals surface area contributed by atoms with Crippen molar-refractivity contribution in [2.24, 2.45) is 5.84 Å². The molecule has 4 heteroatoms. The summed E-state index contributed by atoms with van der Waals surface area (Å²) in [5.74, 6) is 6.59. The molecule has 4 nitrogen and oxygen atoms in total. The summed E-state index contributed by atoms with van der Waals surface area (Å²) in [6.07, 6.45) is 2.51. The average Bonchev–Trinajstić information content (AvgIpc) is 2.05. The van der Waals surface area contributed by atoms with Crippen LogP contribution in [-0.2, 0) is 6.42 Å². The van der Waals surface area contributed by atoms with Crippen LogP contribution in [0.1, 0.15) is 12.7 Å². The molecule has 0 atom stereocenters. The van der Waals surface area contributed by atoms with Gasteiger partial charge in [-0.05, 0) is 0 Å². The molecule has 10 heavy (non-hydrogen) atoms. The third-order valence-electron chi connectivity index (χ3n) is 1.17. The van der Waals surface area contributed by atoms with Crippen LogP contribution in [-0.4, -0.2) is 9.97 Å². The summed E-state index contributed by atoms with van der Waals surface area (Å²) >= 11 is 0. The van der Waals surface area contributed by atoms with Gasteiger partial charge in [0.05, 0.1) is 0 Å². The van der Waals surface area contributed by atoms with Crippen LogP contribution >= 0.6 is 0 Å². The summed E-state index contributed by atoms with van der Waals surface area (Å²) < 4.78 is 0. The molecule has 0 aliphatic rings. The Labute approximate surface area is 59.5 Å². The van der Waals surface area contributed by atoms with Gasteiger partial charge in [-0.2, -0.15) is 0 Å². The number of rotatable bonds is 2. The summed E-state index contributed by atoms with van der Waals surface area (Å²) in [7, 11) is 0. The van der Waals surface area contributed by atoms with Crippen molar-refractivity contribution in [3.8, 4) is 0 Å². The van der Waals surface area contributed by atoms with Gasteiger partial charge in [0.25, 0.3) is 0 Å². The number of hydrogen-bond acceptors (Lipinski definition) is 4. The van der Waals surface area contributed by atoms with E-state index in [1.807, 2.05) is 6.92 Å². The first-order valence-corrected chi connectivity index (χ1v) is 3.15. The molecule has 0 saturated heterocycles. The second kappa shape index (κ2) is 3.12. The van der Waals surface area contributed by atoms with E-state index in [1.54, 1.807) is 12.3 Å². The number of nitrogens with one attached hydrogen (secondary N) is 1. The monoisotopic (exact) mass is 138 g/mol. The Morgan fingerprint density at radius 1 is 1.70 bits per heavy atom. The van der Waals surface area contributed by atoms with Crippen LogP contribution in [0.2, 0.25) is 0 Å². The zero-order chi connectivity index (χ0) is 7.40. The predicted molar refractivity (Wildman–Crippen MR) is 39.2 cm³/mol. The molecular weight excluding hydrogens is 128 g/mol. The molecule has 0 aliphatic heterocycles. The molecule has 1 aromatic heterocycles. The van der Waals surface area contributed by atoms with E-state index >= 15 is 0 Å². The molecule has 0 aliphatic carbocycles. The summed E-state index contributed by atoms with van der Waals surface area (Å²) in [5, 5.41) is 0. The summed E-state index contributed by atoms with van der Waals surface area (Å²) in [4.78, 5) is 8.06. The molecule has 54 valence electrons. The molecule has 0 unspecified atom stereocenters. The highest BCUT2D eigenvalue weighted by atomic mass is 15.3. The van der Waals surface area contributed by atoms with E-state index in [4.69, 9.17) is 5.84 Å². The highest BCUT2D eigenvalue weighted by molar-refractivity contribution is 5.30. The van der Waals surface area contributed by atoms with E-state index in [0.29, 0.717) is 5.82 Å². The SMILES string of the molecule is CCc1nccc(NN)n1. The topological polar surface area (TPSA) is 63.8 Å². The summed E-state index contributed by atoms with van der Waals surface area (Å²) in [5.41, 5.74) is 2.45. The van der Waals surface area contributed by atoms with Crippen LogP contribution in [0.15, 0.2) is 12.3 Å². The largest absolute Gasteiger partial charge is 0.308 e. The van der Waals surface area contributed by atoms with Crippen molar-refractivity contribution in [3.05, 3.63) is 18.1 Å². The molecule has 0 radical (unpaired) electrons. The van der Waals surface area contributed by atoms with Gasteiger partial charge < -0.3 is 5.43 Å². The number of nitrogens with two attached hydrogens (primary N) is 1. The number of hydrazine groups is 1. The minimum Gasteiger partial charge on any atom is -0.308 e. The summed E-state index contributed by atoms with van der Waals surface area (Å²) in [6, 6.07) is 1.72. The van der Waals surface area contributed by atoms with Gasteiger partial charge in [0.15, 0.2) is 0 Å². The lowest BCUT2D eigenvalue weighted by atomic mass is 10.4. The lowest BCUT2D eigenvalue weighted by molar-refractivity contribution is 0.938. The second-order valence-electron chi connectivity index (χ2n) is 1.86. The Hall–Kier alpha value is -1.16. The van der Waals surface area contributed by atoms with E-state index < -0.39 is 0 Å². The van der Waals surface area contributed by atoms with Gasteiger partial charge in [0.1, 0.15) is 11.6 Å². The van der Waals surface area contributed by atoms with Crippen LogP contribution in [0.3, 0.4) is 0 Å². The third kappa shape index (κ3) is 1.41. The molecule has 0 spiro atoms. The van der Waals surface area contributed by atoms with Gasteiger partial charge >= 0.3 is 0 Å². The van der Waals surface area contributed by atoms with Gasteiger partial charge in [-0.3, -0.25) is 0 Å². The molecule has 0 saturated carbocycles. The van der Waals surface area contributed by atoms with Crippen molar-refractivity contribution in [2.75, 3.05) is 5.43 Å². The zero-order valence-corrected chi connectivity index (χ0v) is 5.83. The quantitative estimate of drug-likeness (QED) is 0.456. The van der Waals surface area contributed by atoms with Crippen LogP contribution in [0.4, 0.5) is 5.82 Å². The molecule has 3 N–H and O–H groups in total. The third-order valence-corrected chi connectivity index (χ3v) is 1.17. The normalized spacial score (nSPS) is 9.40. The molecule has 1 rings (SSSR count). The Morgan fingerprint density at radius 3 is 3.10 bits per heavy atom. The highest BCUT2D eigenvalue weighted by Gasteiger charge is 1.92. The van der Waals surface area contributed by atoms with E-state index in [2.05, 4.69) is 15.4 Å².